The smallest absolute Gasteiger partial charge is 0.333 e. The maximum absolute atomic E-state index is 13.3. The van der Waals surface area contributed by atoms with E-state index in [4.69, 9.17) is 32.9 Å². The van der Waals surface area contributed by atoms with E-state index in [2.05, 4.69) is 35.1 Å². The van der Waals surface area contributed by atoms with Crippen LogP contribution in [0.3, 0.4) is 0 Å². The first-order valence-electron chi connectivity index (χ1n) is 18.4. The van der Waals surface area contributed by atoms with Crippen LogP contribution in [0.4, 0.5) is 0 Å². The van der Waals surface area contributed by atoms with E-state index in [-0.39, 0.29) is 47.3 Å². The molecule has 0 saturated carbocycles. The van der Waals surface area contributed by atoms with Gasteiger partial charge in [-0.15, -0.1) is 13.2 Å². The Labute approximate surface area is 329 Å². The molecule has 4 aliphatic rings. The zero-order chi connectivity index (χ0) is 38.0. The minimum absolute atomic E-state index is 0.0389. The van der Waals surface area contributed by atoms with Crippen LogP contribution in [0.2, 0.25) is 10.3 Å². The van der Waals surface area contributed by atoms with Gasteiger partial charge < -0.3 is 9.68 Å². The van der Waals surface area contributed by atoms with Crippen molar-refractivity contribution < 1.29 is 27.7 Å². The van der Waals surface area contributed by atoms with Crippen molar-refractivity contribution in [1.29, 1.82) is 0 Å². The highest BCUT2D eigenvalue weighted by atomic mass is 35.5. The predicted octanol–water partition coefficient (Wildman–Crippen LogP) is 5.59. The Morgan fingerprint density at radius 1 is 0.741 bits per heavy atom. The normalized spacial score (nSPS) is 26.1. The van der Waals surface area contributed by atoms with Gasteiger partial charge in [0, 0.05) is 117 Å². The molecule has 2 aromatic heterocycles. The van der Waals surface area contributed by atoms with Crippen molar-refractivity contribution in [2.45, 2.75) is 72.9 Å². The van der Waals surface area contributed by atoms with Crippen LogP contribution in [0.1, 0.15) is 59.8 Å². The SMILES string of the molecule is C=CCN1CC(S(C)=O)C[C@H]2c3cccc4c3c(c(Cl)n4OC(=O)CCC(=O)On3c(Cl)c4c5c(cccc53)[C@@H]3CC(S(C)=O)CN(CC=C)[C@H]3C4)C[C@@H]21. The minimum atomic E-state index is -0.975. The van der Waals surface area contributed by atoms with Gasteiger partial charge in [0.15, 0.2) is 10.3 Å². The number of carbonyl (C=O) groups excluding carboxylic acids is 2. The molecular weight excluding hydrogens is 768 g/mol. The van der Waals surface area contributed by atoms with Crippen molar-refractivity contribution in [2.75, 3.05) is 38.7 Å². The molecule has 286 valence electrons. The summed E-state index contributed by atoms with van der Waals surface area (Å²) in [6.45, 7) is 10.7. The Kier molecular flexibility index (Phi) is 10.5. The number of hydrogen-bond acceptors (Lipinski definition) is 8. The van der Waals surface area contributed by atoms with Crippen LogP contribution < -0.4 is 9.68 Å². The third-order valence-electron chi connectivity index (χ3n) is 12.0. The van der Waals surface area contributed by atoms with Crippen LogP contribution >= 0.6 is 23.2 Å². The summed E-state index contributed by atoms with van der Waals surface area (Å²) in [4.78, 5) is 43.0. The molecule has 8 rings (SSSR count). The number of aromatic nitrogens is 2. The molecule has 2 saturated heterocycles. The molecule has 4 unspecified atom stereocenters. The fourth-order valence-electron chi connectivity index (χ4n) is 9.64. The Bertz CT molecular complexity index is 2100. The Hall–Kier alpha value is -3.26. The second-order valence-electron chi connectivity index (χ2n) is 15.0. The minimum Gasteiger partial charge on any atom is -0.335 e. The number of benzene rings is 2. The fraction of sp³-hybridized carbons (Fsp3) is 0.450. The highest BCUT2D eigenvalue weighted by molar-refractivity contribution is 7.85. The van der Waals surface area contributed by atoms with Crippen molar-refractivity contribution in [3.05, 3.63) is 94.3 Å². The monoisotopic (exact) mass is 810 g/mol. The first kappa shape index (κ1) is 37.7. The Morgan fingerprint density at radius 3 is 1.52 bits per heavy atom. The molecule has 0 spiro atoms. The molecule has 0 amide bonds. The molecule has 8 atom stereocenters. The van der Waals surface area contributed by atoms with Crippen molar-refractivity contribution in [2.24, 2.45) is 0 Å². The summed E-state index contributed by atoms with van der Waals surface area (Å²) >= 11 is 14.0. The summed E-state index contributed by atoms with van der Waals surface area (Å²) in [6, 6.07) is 12.1. The van der Waals surface area contributed by atoms with Crippen LogP contribution in [-0.2, 0) is 44.0 Å². The summed E-state index contributed by atoms with van der Waals surface area (Å²) in [5, 5.41) is 2.66. The Morgan fingerprint density at radius 2 is 1.15 bits per heavy atom. The molecule has 0 radical (unpaired) electrons. The number of fused-ring (bicyclic) bond motifs is 4. The van der Waals surface area contributed by atoms with Crippen LogP contribution in [0, 0.1) is 0 Å². The van der Waals surface area contributed by atoms with Crippen LogP contribution in [-0.4, -0.2) is 101 Å². The lowest BCUT2D eigenvalue weighted by atomic mass is 9.75. The Balaban J connectivity index is 0.997. The van der Waals surface area contributed by atoms with Gasteiger partial charge in [0.1, 0.15) is 0 Å². The van der Waals surface area contributed by atoms with E-state index in [0.29, 0.717) is 47.3 Å². The molecule has 10 nitrogen and oxygen atoms in total. The second-order valence-corrected chi connectivity index (χ2v) is 19.0. The maximum Gasteiger partial charge on any atom is 0.333 e. The molecule has 4 aromatic rings. The lowest BCUT2D eigenvalue weighted by Gasteiger charge is -2.46. The van der Waals surface area contributed by atoms with E-state index in [9.17, 15) is 18.0 Å². The average molecular weight is 812 g/mol. The number of piperidine rings is 2. The molecule has 14 heteroatoms. The molecule has 4 heterocycles. The molecule has 2 aliphatic carbocycles. The fourth-order valence-corrected chi connectivity index (χ4v) is 12.0. The van der Waals surface area contributed by atoms with E-state index in [1.165, 1.54) is 9.46 Å². The molecule has 54 heavy (non-hydrogen) atoms. The molecular formula is C40H44Cl2N4O6S2. The summed E-state index contributed by atoms with van der Waals surface area (Å²) in [7, 11) is -1.95. The number of hydrogen-bond donors (Lipinski definition) is 0. The van der Waals surface area contributed by atoms with Crippen LogP contribution in [0.5, 0.6) is 0 Å². The first-order chi connectivity index (χ1) is 26.0. The van der Waals surface area contributed by atoms with Crippen molar-refractivity contribution in [3.8, 4) is 0 Å². The third kappa shape index (κ3) is 6.40. The third-order valence-corrected chi connectivity index (χ3v) is 15.4. The van der Waals surface area contributed by atoms with E-state index in [0.717, 1.165) is 59.0 Å². The molecule has 0 N–H and O–H groups in total. The number of rotatable bonds is 11. The molecule has 0 bridgehead atoms. The number of likely N-dealkylation sites (tertiary alicyclic amines) is 2. The van der Waals surface area contributed by atoms with Crippen molar-refractivity contribution >= 4 is 78.5 Å². The second kappa shape index (κ2) is 15.0. The van der Waals surface area contributed by atoms with Gasteiger partial charge in [-0.1, -0.05) is 59.6 Å². The largest absolute Gasteiger partial charge is 0.335 e. The van der Waals surface area contributed by atoms with Crippen LogP contribution in [0.15, 0.2) is 61.7 Å². The van der Waals surface area contributed by atoms with Gasteiger partial charge in [0.25, 0.3) is 0 Å². The number of halogens is 2. The lowest BCUT2D eigenvalue weighted by Crippen LogP contribution is -2.52. The van der Waals surface area contributed by atoms with Gasteiger partial charge in [-0.05, 0) is 48.9 Å². The summed E-state index contributed by atoms with van der Waals surface area (Å²) < 4.78 is 28.0. The molecule has 2 aromatic carbocycles. The predicted molar refractivity (Wildman–Crippen MR) is 215 cm³/mol. The van der Waals surface area contributed by atoms with Gasteiger partial charge in [0.05, 0.1) is 23.9 Å². The summed E-state index contributed by atoms with van der Waals surface area (Å²) in [5.74, 6) is -0.971. The summed E-state index contributed by atoms with van der Waals surface area (Å²) in [6.07, 6.45) is 9.73. The highest BCUT2D eigenvalue weighted by Gasteiger charge is 2.44. The zero-order valence-corrected chi connectivity index (χ0v) is 33.5. The van der Waals surface area contributed by atoms with E-state index >= 15 is 0 Å². The topological polar surface area (TPSA) is 103 Å². The maximum atomic E-state index is 13.3. The first-order valence-corrected chi connectivity index (χ1v) is 22.4. The van der Waals surface area contributed by atoms with E-state index < -0.39 is 33.5 Å². The van der Waals surface area contributed by atoms with Crippen molar-refractivity contribution in [1.82, 2.24) is 19.3 Å². The van der Waals surface area contributed by atoms with E-state index in [1.807, 2.05) is 36.4 Å². The lowest BCUT2D eigenvalue weighted by molar-refractivity contribution is -0.150. The molecule has 2 aliphatic heterocycles. The van der Waals surface area contributed by atoms with Gasteiger partial charge in [0.2, 0.25) is 0 Å². The van der Waals surface area contributed by atoms with Gasteiger partial charge in [-0.25, -0.2) is 9.59 Å². The van der Waals surface area contributed by atoms with Gasteiger partial charge in [-0.2, -0.15) is 9.46 Å². The van der Waals surface area contributed by atoms with Gasteiger partial charge in [-0.3, -0.25) is 18.2 Å². The highest BCUT2D eigenvalue weighted by Crippen LogP contribution is 2.48. The van der Waals surface area contributed by atoms with Crippen LogP contribution in [0.25, 0.3) is 21.8 Å². The quantitative estimate of drug-likeness (QED) is 0.181. The number of nitrogens with zero attached hydrogens (tertiary/aromatic N) is 4. The number of carbonyl (C=O) groups is 2. The molecule has 2 fully saturated rings. The van der Waals surface area contributed by atoms with Gasteiger partial charge >= 0.3 is 11.9 Å². The standard InChI is InChI=1S/C40H44Cl2N4O6S2/c1-5-15-43-21-23(53(3)49)17-27-25-9-7-11-31-37(25)29(19-33(27)43)39(41)45(31)51-35(47)13-14-36(48)52-46-32-12-8-10-26-28-18-24(54(4)50)22-44(16-6-2)34(28)20-30(38(26)32)40(46)42/h5-12,23-24,27-28,33-34H,1-2,13-22H2,3-4H3/t23?,24?,27-,28-,33-,34-,53?,54?/m0/s1. The van der Waals surface area contributed by atoms with Crippen molar-refractivity contribution in [3.63, 3.8) is 0 Å². The average Bonchev–Trinajstić information content (AvgIpc) is 3.57. The van der Waals surface area contributed by atoms with E-state index in [1.54, 1.807) is 12.5 Å². The zero-order valence-electron chi connectivity index (χ0n) is 30.4. The summed E-state index contributed by atoms with van der Waals surface area (Å²) in [5.41, 5.74) is 5.40.